The summed E-state index contributed by atoms with van der Waals surface area (Å²) in [4.78, 5) is 29.6. The molecule has 2 amide bonds. The fourth-order valence-electron chi connectivity index (χ4n) is 2.99. The zero-order valence-corrected chi connectivity index (χ0v) is 11.8. The lowest BCUT2D eigenvalue weighted by Gasteiger charge is -2.22. The van der Waals surface area contributed by atoms with Gasteiger partial charge in [0.15, 0.2) is 0 Å². The van der Waals surface area contributed by atoms with E-state index in [1.165, 1.54) is 0 Å². The number of amides is 2. The standard InChI is InChI=1S/C15H19N3O3/c19-9-10-5-6-18(8-10)13-3-1-11(7-16-13)12-2-4-14(20)17-15(12)21/h1,3,7,10,12,19H,2,4-6,8-9H2,(H,17,20,21)/t10-,12-/m1/s1. The van der Waals surface area contributed by atoms with Crippen LogP contribution >= 0.6 is 0 Å². The zero-order valence-electron chi connectivity index (χ0n) is 11.8. The van der Waals surface area contributed by atoms with Gasteiger partial charge in [0.2, 0.25) is 11.8 Å². The highest BCUT2D eigenvalue weighted by molar-refractivity contribution is 6.00. The molecule has 3 heterocycles. The number of rotatable bonds is 3. The SMILES string of the molecule is O=C1CC[C@H](c2ccc(N3CC[C@@H](CO)C3)nc2)C(=O)N1. The van der Waals surface area contributed by atoms with Crippen LogP contribution in [0.25, 0.3) is 0 Å². The summed E-state index contributed by atoms with van der Waals surface area (Å²) >= 11 is 0. The fraction of sp³-hybridized carbons (Fsp3) is 0.533. The molecular formula is C15H19N3O3. The van der Waals surface area contributed by atoms with E-state index in [0.29, 0.717) is 18.8 Å². The maximum absolute atomic E-state index is 11.8. The lowest BCUT2D eigenvalue weighted by atomic mass is 9.92. The molecule has 0 radical (unpaired) electrons. The molecule has 112 valence electrons. The quantitative estimate of drug-likeness (QED) is 0.788. The minimum Gasteiger partial charge on any atom is -0.396 e. The first kappa shape index (κ1) is 14.0. The number of hydrogen-bond acceptors (Lipinski definition) is 5. The number of nitrogens with zero attached hydrogens (tertiary/aromatic N) is 2. The topological polar surface area (TPSA) is 82.5 Å². The molecule has 2 aliphatic heterocycles. The molecule has 1 aromatic rings. The van der Waals surface area contributed by atoms with Crippen molar-refractivity contribution in [3.8, 4) is 0 Å². The number of anilines is 1. The summed E-state index contributed by atoms with van der Waals surface area (Å²) < 4.78 is 0. The van der Waals surface area contributed by atoms with Gasteiger partial charge in [0.1, 0.15) is 5.82 Å². The predicted molar refractivity (Wildman–Crippen MR) is 76.8 cm³/mol. The van der Waals surface area contributed by atoms with E-state index < -0.39 is 0 Å². The Morgan fingerprint density at radius 2 is 2.19 bits per heavy atom. The largest absolute Gasteiger partial charge is 0.396 e. The van der Waals surface area contributed by atoms with E-state index in [1.54, 1.807) is 6.20 Å². The Labute approximate surface area is 123 Å². The van der Waals surface area contributed by atoms with Crippen molar-refractivity contribution in [1.82, 2.24) is 10.3 Å². The minimum absolute atomic E-state index is 0.201. The summed E-state index contributed by atoms with van der Waals surface area (Å²) in [7, 11) is 0. The van der Waals surface area contributed by atoms with Crippen LogP contribution in [0.5, 0.6) is 0 Å². The van der Waals surface area contributed by atoms with E-state index in [4.69, 9.17) is 0 Å². The number of pyridine rings is 1. The molecule has 2 fully saturated rings. The lowest BCUT2D eigenvalue weighted by molar-refractivity contribution is -0.134. The van der Waals surface area contributed by atoms with E-state index in [9.17, 15) is 14.7 Å². The van der Waals surface area contributed by atoms with Gasteiger partial charge < -0.3 is 10.0 Å². The maximum Gasteiger partial charge on any atom is 0.234 e. The van der Waals surface area contributed by atoms with Crippen LogP contribution in [0.15, 0.2) is 18.3 Å². The van der Waals surface area contributed by atoms with Crippen molar-refractivity contribution in [2.45, 2.75) is 25.2 Å². The summed E-state index contributed by atoms with van der Waals surface area (Å²) in [6.07, 6.45) is 3.62. The molecule has 2 atom stereocenters. The van der Waals surface area contributed by atoms with Crippen LogP contribution in [-0.4, -0.2) is 41.6 Å². The number of carbonyl (C=O) groups is 2. The molecule has 0 unspecified atom stereocenters. The van der Waals surface area contributed by atoms with Gasteiger partial charge in [0, 0.05) is 38.2 Å². The molecule has 0 bridgehead atoms. The zero-order chi connectivity index (χ0) is 14.8. The Morgan fingerprint density at radius 3 is 2.81 bits per heavy atom. The molecule has 2 aliphatic rings. The van der Waals surface area contributed by atoms with Crippen molar-refractivity contribution in [2.75, 3.05) is 24.6 Å². The van der Waals surface area contributed by atoms with Crippen molar-refractivity contribution >= 4 is 17.6 Å². The van der Waals surface area contributed by atoms with Crippen LogP contribution < -0.4 is 10.2 Å². The summed E-state index contributed by atoms with van der Waals surface area (Å²) in [6.45, 7) is 1.93. The van der Waals surface area contributed by atoms with Crippen LogP contribution in [0, 0.1) is 5.92 Å². The fourth-order valence-corrected chi connectivity index (χ4v) is 2.99. The third-order valence-electron chi connectivity index (χ3n) is 4.28. The lowest BCUT2D eigenvalue weighted by Crippen LogP contribution is -2.39. The van der Waals surface area contributed by atoms with Gasteiger partial charge in [0.25, 0.3) is 0 Å². The molecule has 0 aromatic carbocycles. The van der Waals surface area contributed by atoms with Gasteiger partial charge in [-0.15, -0.1) is 0 Å². The average molecular weight is 289 g/mol. The number of hydrogen-bond donors (Lipinski definition) is 2. The third-order valence-corrected chi connectivity index (χ3v) is 4.28. The molecule has 3 rings (SSSR count). The summed E-state index contributed by atoms with van der Waals surface area (Å²) in [6, 6.07) is 3.83. The Hall–Kier alpha value is -1.95. The number of aliphatic hydroxyl groups excluding tert-OH is 1. The van der Waals surface area contributed by atoms with Crippen LogP contribution in [-0.2, 0) is 9.59 Å². The normalized spacial score (nSPS) is 26.0. The van der Waals surface area contributed by atoms with Crippen LogP contribution in [0.1, 0.15) is 30.7 Å². The third kappa shape index (κ3) is 2.90. The molecule has 0 aliphatic carbocycles. The average Bonchev–Trinajstić information content (AvgIpc) is 2.96. The Kier molecular flexibility index (Phi) is 3.88. The molecule has 21 heavy (non-hydrogen) atoms. The van der Waals surface area contributed by atoms with Crippen molar-refractivity contribution in [3.63, 3.8) is 0 Å². The molecule has 6 heteroatoms. The monoisotopic (exact) mass is 289 g/mol. The summed E-state index contributed by atoms with van der Waals surface area (Å²) in [5, 5.41) is 11.5. The second-order valence-corrected chi connectivity index (χ2v) is 5.74. The number of nitrogens with one attached hydrogen (secondary N) is 1. The molecule has 6 nitrogen and oxygen atoms in total. The van der Waals surface area contributed by atoms with Gasteiger partial charge in [-0.05, 0) is 24.5 Å². The van der Waals surface area contributed by atoms with E-state index >= 15 is 0 Å². The molecule has 0 saturated carbocycles. The van der Waals surface area contributed by atoms with Crippen molar-refractivity contribution in [2.24, 2.45) is 5.92 Å². The second kappa shape index (κ2) is 5.81. The highest BCUT2D eigenvalue weighted by Gasteiger charge is 2.28. The van der Waals surface area contributed by atoms with Gasteiger partial charge in [-0.2, -0.15) is 0 Å². The predicted octanol–water partition coefficient (Wildman–Crippen LogP) is 0.420. The highest BCUT2D eigenvalue weighted by atomic mass is 16.3. The van der Waals surface area contributed by atoms with E-state index in [-0.39, 0.29) is 24.3 Å². The van der Waals surface area contributed by atoms with Gasteiger partial charge in [-0.3, -0.25) is 14.9 Å². The van der Waals surface area contributed by atoms with E-state index in [1.807, 2.05) is 12.1 Å². The molecule has 0 spiro atoms. The van der Waals surface area contributed by atoms with Crippen molar-refractivity contribution in [1.29, 1.82) is 0 Å². The van der Waals surface area contributed by atoms with Crippen molar-refractivity contribution in [3.05, 3.63) is 23.9 Å². The first-order chi connectivity index (χ1) is 10.2. The first-order valence-electron chi connectivity index (χ1n) is 7.33. The summed E-state index contributed by atoms with van der Waals surface area (Å²) in [5.74, 6) is 0.479. The van der Waals surface area contributed by atoms with E-state index in [2.05, 4.69) is 15.2 Å². The number of piperidine rings is 1. The van der Waals surface area contributed by atoms with Crippen molar-refractivity contribution < 1.29 is 14.7 Å². The van der Waals surface area contributed by atoms with E-state index in [0.717, 1.165) is 30.9 Å². The van der Waals surface area contributed by atoms with Gasteiger partial charge >= 0.3 is 0 Å². The number of carbonyl (C=O) groups excluding carboxylic acids is 2. The molecule has 2 saturated heterocycles. The second-order valence-electron chi connectivity index (χ2n) is 5.74. The molecule has 1 aromatic heterocycles. The highest BCUT2D eigenvalue weighted by Crippen LogP contribution is 2.27. The van der Waals surface area contributed by atoms with Crippen LogP contribution in [0.4, 0.5) is 5.82 Å². The number of imide groups is 1. The van der Waals surface area contributed by atoms with Gasteiger partial charge in [-0.25, -0.2) is 4.98 Å². The number of aromatic nitrogens is 1. The Morgan fingerprint density at radius 1 is 1.33 bits per heavy atom. The minimum atomic E-state index is -0.284. The Bertz CT molecular complexity index is 544. The van der Waals surface area contributed by atoms with Crippen LogP contribution in [0.2, 0.25) is 0 Å². The van der Waals surface area contributed by atoms with Crippen LogP contribution in [0.3, 0.4) is 0 Å². The maximum atomic E-state index is 11.8. The Balaban J connectivity index is 1.70. The van der Waals surface area contributed by atoms with Gasteiger partial charge in [-0.1, -0.05) is 6.07 Å². The number of aliphatic hydroxyl groups is 1. The summed E-state index contributed by atoms with van der Waals surface area (Å²) in [5.41, 5.74) is 0.849. The first-order valence-corrected chi connectivity index (χ1v) is 7.33. The molecule has 2 N–H and O–H groups in total. The van der Waals surface area contributed by atoms with Gasteiger partial charge in [0.05, 0.1) is 5.92 Å². The molecular weight excluding hydrogens is 270 g/mol. The smallest absolute Gasteiger partial charge is 0.234 e.